The van der Waals surface area contributed by atoms with Crippen LogP contribution < -0.4 is 10.2 Å². The maximum atomic E-state index is 4.17. The van der Waals surface area contributed by atoms with E-state index >= 15 is 0 Å². The van der Waals surface area contributed by atoms with Gasteiger partial charge in [-0.2, -0.15) is 0 Å². The Morgan fingerprint density at radius 2 is 2.15 bits per heavy atom. The molecule has 0 amide bonds. The van der Waals surface area contributed by atoms with Crippen molar-refractivity contribution in [3.8, 4) is 0 Å². The molecule has 2 rings (SSSR count). The van der Waals surface area contributed by atoms with Crippen LogP contribution in [0.3, 0.4) is 0 Å². The average Bonchev–Trinajstić information content (AvgIpc) is 2.47. The Morgan fingerprint density at radius 1 is 1.30 bits per heavy atom. The highest BCUT2D eigenvalue weighted by atomic mass is 79.9. The predicted molar refractivity (Wildman–Crippen MR) is 87.9 cm³/mol. The average molecular weight is 334 g/mol. The highest BCUT2D eigenvalue weighted by Gasteiger charge is 2.08. The fourth-order valence-electron chi connectivity index (χ4n) is 2.15. The van der Waals surface area contributed by atoms with Crippen LogP contribution in [0.1, 0.15) is 18.1 Å². The van der Waals surface area contributed by atoms with E-state index in [9.17, 15) is 0 Å². The lowest BCUT2D eigenvalue weighted by Crippen LogP contribution is -2.20. The van der Waals surface area contributed by atoms with Crippen LogP contribution in [-0.2, 0) is 13.1 Å². The fraction of sp³-hybridized carbons (Fsp3) is 0.312. The van der Waals surface area contributed by atoms with Gasteiger partial charge in [0.15, 0.2) is 0 Å². The summed E-state index contributed by atoms with van der Waals surface area (Å²) in [7, 11) is 2.12. The van der Waals surface area contributed by atoms with E-state index in [1.807, 2.05) is 12.3 Å². The number of pyridine rings is 1. The summed E-state index contributed by atoms with van der Waals surface area (Å²) >= 11 is 3.56. The van der Waals surface area contributed by atoms with Crippen molar-refractivity contribution in [2.24, 2.45) is 0 Å². The minimum absolute atomic E-state index is 0.851. The third-order valence-electron chi connectivity index (χ3n) is 3.17. The Hall–Kier alpha value is -1.39. The molecule has 106 valence electrons. The summed E-state index contributed by atoms with van der Waals surface area (Å²) < 4.78 is 1.10. The van der Waals surface area contributed by atoms with E-state index in [2.05, 4.69) is 69.4 Å². The lowest BCUT2D eigenvalue weighted by Gasteiger charge is -2.23. The van der Waals surface area contributed by atoms with Crippen molar-refractivity contribution in [2.75, 3.05) is 18.5 Å². The zero-order chi connectivity index (χ0) is 14.4. The Bertz CT molecular complexity index is 543. The smallest absolute Gasteiger partial charge is 0.0441 e. The molecule has 4 heteroatoms. The molecule has 0 aliphatic carbocycles. The van der Waals surface area contributed by atoms with Gasteiger partial charge in [0.25, 0.3) is 0 Å². The fourth-order valence-corrected chi connectivity index (χ4v) is 2.50. The SMILES string of the molecule is CCNCc1ccc(Br)cc1N(C)Cc1cccnc1. The van der Waals surface area contributed by atoms with Crippen LogP contribution in [0.4, 0.5) is 5.69 Å². The molecule has 1 heterocycles. The minimum Gasteiger partial charge on any atom is -0.370 e. The second kappa shape index (κ2) is 7.41. The van der Waals surface area contributed by atoms with Gasteiger partial charge in [-0.15, -0.1) is 0 Å². The number of anilines is 1. The first-order valence-corrected chi connectivity index (χ1v) is 7.59. The van der Waals surface area contributed by atoms with Crippen LogP contribution in [0.5, 0.6) is 0 Å². The second-order valence-electron chi connectivity index (χ2n) is 4.77. The van der Waals surface area contributed by atoms with E-state index in [0.717, 1.165) is 24.1 Å². The molecule has 1 N–H and O–H groups in total. The molecule has 1 aromatic heterocycles. The van der Waals surface area contributed by atoms with E-state index in [1.165, 1.54) is 16.8 Å². The van der Waals surface area contributed by atoms with E-state index in [4.69, 9.17) is 0 Å². The molecule has 20 heavy (non-hydrogen) atoms. The van der Waals surface area contributed by atoms with Crippen LogP contribution in [0.25, 0.3) is 0 Å². The number of rotatable bonds is 6. The van der Waals surface area contributed by atoms with Crippen LogP contribution in [-0.4, -0.2) is 18.6 Å². The van der Waals surface area contributed by atoms with Crippen molar-refractivity contribution in [2.45, 2.75) is 20.0 Å². The van der Waals surface area contributed by atoms with Gasteiger partial charge in [-0.25, -0.2) is 0 Å². The zero-order valence-corrected chi connectivity index (χ0v) is 13.5. The first-order valence-electron chi connectivity index (χ1n) is 6.80. The summed E-state index contributed by atoms with van der Waals surface area (Å²) in [6, 6.07) is 10.5. The number of aromatic nitrogens is 1. The van der Waals surface area contributed by atoms with Gasteiger partial charge in [-0.1, -0.05) is 35.0 Å². The first kappa shape index (κ1) is 15.0. The third-order valence-corrected chi connectivity index (χ3v) is 3.66. The monoisotopic (exact) mass is 333 g/mol. The molecule has 0 spiro atoms. The summed E-state index contributed by atoms with van der Waals surface area (Å²) in [5.74, 6) is 0. The molecule has 3 nitrogen and oxygen atoms in total. The third kappa shape index (κ3) is 4.05. The van der Waals surface area contributed by atoms with E-state index < -0.39 is 0 Å². The quantitative estimate of drug-likeness (QED) is 0.875. The molecule has 1 aromatic carbocycles. The van der Waals surface area contributed by atoms with Crippen LogP contribution in [0, 0.1) is 0 Å². The van der Waals surface area contributed by atoms with Gasteiger partial charge < -0.3 is 10.2 Å². The predicted octanol–water partition coefficient (Wildman–Crippen LogP) is 3.59. The van der Waals surface area contributed by atoms with Gasteiger partial charge in [-0.05, 0) is 35.9 Å². The number of nitrogens with one attached hydrogen (secondary N) is 1. The van der Waals surface area contributed by atoms with Gasteiger partial charge in [0.05, 0.1) is 0 Å². The highest BCUT2D eigenvalue weighted by molar-refractivity contribution is 9.10. The van der Waals surface area contributed by atoms with Crippen LogP contribution in [0.15, 0.2) is 47.2 Å². The summed E-state index contributed by atoms with van der Waals surface area (Å²) in [6.07, 6.45) is 3.72. The van der Waals surface area contributed by atoms with Gasteiger partial charge >= 0.3 is 0 Å². The van der Waals surface area contributed by atoms with Crippen molar-refractivity contribution in [3.63, 3.8) is 0 Å². The van der Waals surface area contributed by atoms with Gasteiger partial charge in [0.1, 0.15) is 0 Å². The van der Waals surface area contributed by atoms with Crippen molar-refractivity contribution >= 4 is 21.6 Å². The number of hydrogen-bond acceptors (Lipinski definition) is 3. The Kier molecular flexibility index (Phi) is 5.56. The maximum absolute atomic E-state index is 4.17. The molecule has 0 aliphatic rings. The molecule has 0 aliphatic heterocycles. The molecule has 0 unspecified atom stereocenters. The summed E-state index contributed by atoms with van der Waals surface area (Å²) in [5, 5.41) is 3.39. The molecule has 0 saturated heterocycles. The van der Waals surface area contributed by atoms with Crippen molar-refractivity contribution in [1.82, 2.24) is 10.3 Å². The maximum Gasteiger partial charge on any atom is 0.0441 e. The van der Waals surface area contributed by atoms with Crippen LogP contribution in [0.2, 0.25) is 0 Å². The molecule has 0 saturated carbocycles. The molecule has 0 radical (unpaired) electrons. The summed E-state index contributed by atoms with van der Waals surface area (Å²) in [5.41, 5.74) is 3.76. The van der Waals surface area contributed by atoms with E-state index in [-0.39, 0.29) is 0 Å². The van der Waals surface area contributed by atoms with Crippen molar-refractivity contribution in [3.05, 3.63) is 58.3 Å². The van der Waals surface area contributed by atoms with Gasteiger partial charge in [0.2, 0.25) is 0 Å². The summed E-state index contributed by atoms with van der Waals surface area (Å²) in [4.78, 5) is 6.43. The Labute approximate surface area is 129 Å². The first-order chi connectivity index (χ1) is 9.70. The van der Waals surface area contributed by atoms with Crippen LogP contribution >= 0.6 is 15.9 Å². The topological polar surface area (TPSA) is 28.2 Å². The molecule has 2 aromatic rings. The summed E-state index contributed by atoms with van der Waals surface area (Å²) in [6.45, 7) is 4.83. The van der Waals surface area contributed by atoms with E-state index in [1.54, 1.807) is 6.20 Å². The molecule has 0 fully saturated rings. The largest absolute Gasteiger partial charge is 0.370 e. The highest BCUT2D eigenvalue weighted by Crippen LogP contribution is 2.25. The van der Waals surface area contributed by atoms with Gasteiger partial charge in [-0.3, -0.25) is 4.98 Å². The number of nitrogens with zero attached hydrogens (tertiary/aromatic N) is 2. The number of benzene rings is 1. The number of hydrogen-bond donors (Lipinski definition) is 1. The van der Waals surface area contributed by atoms with Crippen molar-refractivity contribution < 1.29 is 0 Å². The minimum atomic E-state index is 0.851. The lowest BCUT2D eigenvalue weighted by atomic mass is 10.1. The lowest BCUT2D eigenvalue weighted by molar-refractivity contribution is 0.723. The van der Waals surface area contributed by atoms with Gasteiger partial charge in [0, 0.05) is 42.7 Å². The zero-order valence-electron chi connectivity index (χ0n) is 11.9. The van der Waals surface area contributed by atoms with E-state index in [0.29, 0.717) is 0 Å². The Morgan fingerprint density at radius 3 is 2.85 bits per heavy atom. The molecule has 0 bridgehead atoms. The molecular weight excluding hydrogens is 314 g/mol. The normalized spacial score (nSPS) is 10.6. The molecule has 0 atom stereocenters. The van der Waals surface area contributed by atoms with Crippen molar-refractivity contribution in [1.29, 1.82) is 0 Å². The molecular formula is C16H20BrN3. The Balaban J connectivity index is 2.19. The second-order valence-corrected chi connectivity index (χ2v) is 5.69. The number of halogens is 1. The standard InChI is InChI=1S/C16H20BrN3/c1-3-18-11-14-6-7-15(17)9-16(14)20(2)12-13-5-4-8-19-10-13/h4-10,18H,3,11-12H2,1-2H3.